The Kier molecular flexibility index (Phi) is 3.93. The SMILES string of the molecule is C/C=N/NC(=O)C1CCCCC1C. The van der Waals surface area contributed by atoms with Gasteiger partial charge in [-0.15, -0.1) is 0 Å². The first-order valence-corrected chi connectivity index (χ1v) is 5.03. The number of carbonyl (C=O) groups is 1. The zero-order valence-corrected chi connectivity index (χ0v) is 8.42. The Morgan fingerprint density at radius 2 is 2.15 bits per heavy atom. The molecule has 0 bridgehead atoms. The van der Waals surface area contributed by atoms with Gasteiger partial charge in [-0.05, 0) is 25.7 Å². The molecule has 1 aliphatic rings. The zero-order chi connectivity index (χ0) is 9.68. The zero-order valence-electron chi connectivity index (χ0n) is 8.42. The monoisotopic (exact) mass is 182 g/mol. The van der Waals surface area contributed by atoms with Crippen molar-refractivity contribution in [3.05, 3.63) is 0 Å². The van der Waals surface area contributed by atoms with Gasteiger partial charge in [-0.1, -0.05) is 19.8 Å². The summed E-state index contributed by atoms with van der Waals surface area (Å²) in [5.41, 5.74) is 2.56. The second kappa shape index (κ2) is 5.00. The Balaban J connectivity index is 2.43. The van der Waals surface area contributed by atoms with Crippen LogP contribution in [0.15, 0.2) is 5.10 Å². The molecule has 1 amide bonds. The van der Waals surface area contributed by atoms with Crippen LogP contribution in [-0.2, 0) is 4.79 Å². The van der Waals surface area contributed by atoms with Crippen LogP contribution < -0.4 is 5.43 Å². The quantitative estimate of drug-likeness (QED) is 0.514. The van der Waals surface area contributed by atoms with Crippen molar-refractivity contribution in [1.82, 2.24) is 5.43 Å². The molecule has 0 aliphatic heterocycles. The Labute approximate surface area is 79.6 Å². The van der Waals surface area contributed by atoms with Crippen LogP contribution in [0.1, 0.15) is 39.5 Å². The number of hydrogen-bond donors (Lipinski definition) is 1. The summed E-state index contributed by atoms with van der Waals surface area (Å²) in [5, 5.41) is 3.76. The van der Waals surface area contributed by atoms with Gasteiger partial charge in [0.25, 0.3) is 0 Å². The topological polar surface area (TPSA) is 41.5 Å². The maximum Gasteiger partial charge on any atom is 0.243 e. The van der Waals surface area contributed by atoms with Crippen LogP contribution >= 0.6 is 0 Å². The fraction of sp³-hybridized carbons (Fsp3) is 0.800. The summed E-state index contributed by atoms with van der Waals surface area (Å²) in [6, 6.07) is 0. The summed E-state index contributed by atoms with van der Waals surface area (Å²) in [5.74, 6) is 0.781. The molecule has 1 aliphatic carbocycles. The molecule has 0 saturated heterocycles. The van der Waals surface area contributed by atoms with Gasteiger partial charge < -0.3 is 0 Å². The van der Waals surface area contributed by atoms with Gasteiger partial charge in [-0.2, -0.15) is 5.10 Å². The highest BCUT2D eigenvalue weighted by molar-refractivity contribution is 5.79. The number of hydrogen-bond acceptors (Lipinski definition) is 2. The lowest BCUT2D eigenvalue weighted by atomic mass is 9.80. The number of nitrogens with zero attached hydrogens (tertiary/aromatic N) is 1. The lowest BCUT2D eigenvalue weighted by Crippen LogP contribution is -2.33. The Morgan fingerprint density at radius 3 is 2.77 bits per heavy atom. The second-order valence-electron chi connectivity index (χ2n) is 3.73. The minimum Gasteiger partial charge on any atom is -0.273 e. The molecule has 0 aromatic carbocycles. The summed E-state index contributed by atoms with van der Waals surface area (Å²) in [6.45, 7) is 3.95. The number of carbonyl (C=O) groups excluding carboxylic acids is 1. The molecular weight excluding hydrogens is 164 g/mol. The molecule has 13 heavy (non-hydrogen) atoms. The van der Waals surface area contributed by atoms with Crippen molar-refractivity contribution >= 4 is 12.1 Å². The van der Waals surface area contributed by atoms with E-state index in [4.69, 9.17) is 0 Å². The van der Waals surface area contributed by atoms with Gasteiger partial charge >= 0.3 is 0 Å². The van der Waals surface area contributed by atoms with E-state index in [9.17, 15) is 4.79 Å². The molecule has 2 atom stereocenters. The molecule has 74 valence electrons. The smallest absolute Gasteiger partial charge is 0.243 e. The van der Waals surface area contributed by atoms with E-state index in [1.165, 1.54) is 19.3 Å². The van der Waals surface area contributed by atoms with E-state index in [0.717, 1.165) is 6.42 Å². The minimum atomic E-state index is 0.0882. The van der Waals surface area contributed by atoms with Crippen molar-refractivity contribution in [3.8, 4) is 0 Å². The van der Waals surface area contributed by atoms with Crippen molar-refractivity contribution in [2.75, 3.05) is 0 Å². The molecule has 0 radical (unpaired) electrons. The lowest BCUT2D eigenvalue weighted by Gasteiger charge is -2.26. The van der Waals surface area contributed by atoms with Crippen molar-refractivity contribution in [2.24, 2.45) is 16.9 Å². The van der Waals surface area contributed by atoms with E-state index in [2.05, 4.69) is 17.5 Å². The molecule has 1 N–H and O–H groups in total. The molecule has 1 saturated carbocycles. The Morgan fingerprint density at radius 1 is 1.46 bits per heavy atom. The predicted molar refractivity (Wildman–Crippen MR) is 53.4 cm³/mol. The number of hydrazone groups is 1. The molecule has 0 aromatic rings. The first-order chi connectivity index (χ1) is 6.25. The number of rotatable bonds is 2. The summed E-state index contributed by atoms with van der Waals surface area (Å²) in [7, 11) is 0. The molecule has 1 fully saturated rings. The highest BCUT2D eigenvalue weighted by Crippen LogP contribution is 2.29. The third-order valence-corrected chi connectivity index (χ3v) is 2.75. The van der Waals surface area contributed by atoms with Crippen LogP contribution in [0.3, 0.4) is 0 Å². The first kappa shape index (κ1) is 10.2. The molecule has 2 unspecified atom stereocenters. The van der Waals surface area contributed by atoms with Gasteiger partial charge in [0.1, 0.15) is 0 Å². The van der Waals surface area contributed by atoms with Crippen molar-refractivity contribution in [3.63, 3.8) is 0 Å². The molecular formula is C10H18N2O. The maximum absolute atomic E-state index is 11.5. The van der Waals surface area contributed by atoms with Crippen LogP contribution in [0, 0.1) is 11.8 Å². The van der Waals surface area contributed by atoms with Crippen molar-refractivity contribution in [2.45, 2.75) is 39.5 Å². The van der Waals surface area contributed by atoms with Crippen LogP contribution in [0.2, 0.25) is 0 Å². The fourth-order valence-corrected chi connectivity index (χ4v) is 1.92. The van der Waals surface area contributed by atoms with Gasteiger partial charge in [0.2, 0.25) is 5.91 Å². The standard InChI is InChI=1S/C10H18N2O/c1-3-11-12-10(13)9-7-5-4-6-8(9)2/h3,8-9H,4-7H2,1-2H3,(H,12,13)/b11-3+. The average Bonchev–Trinajstić information content (AvgIpc) is 2.15. The average molecular weight is 182 g/mol. The molecule has 1 rings (SSSR count). The van der Waals surface area contributed by atoms with Crippen LogP contribution in [0.4, 0.5) is 0 Å². The van der Waals surface area contributed by atoms with Crippen molar-refractivity contribution in [1.29, 1.82) is 0 Å². The normalized spacial score (nSPS) is 29.1. The van der Waals surface area contributed by atoms with E-state index >= 15 is 0 Å². The molecule has 3 nitrogen and oxygen atoms in total. The van der Waals surface area contributed by atoms with Gasteiger partial charge in [0.05, 0.1) is 0 Å². The number of amides is 1. The summed E-state index contributed by atoms with van der Waals surface area (Å²) in [6.07, 6.45) is 6.24. The summed E-state index contributed by atoms with van der Waals surface area (Å²) < 4.78 is 0. The number of nitrogens with one attached hydrogen (secondary N) is 1. The van der Waals surface area contributed by atoms with E-state index in [-0.39, 0.29) is 11.8 Å². The highest BCUT2D eigenvalue weighted by atomic mass is 16.2. The van der Waals surface area contributed by atoms with Crippen LogP contribution in [-0.4, -0.2) is 12.1 Å². The van der Waals surface area contributed by atoms with E-state index in [0.29, 0.717) is 5.92 Å². The fourth-order valence-electron chi connectivity index (χ4n) is 1.92. The largest absolute Gasteiger partial charge is 0.273 e. The van der Waals surface area contributed by atoms with Crippen LogP contribution in [0.5, 0.6) is 0 Å². The van der Waals surface area contributed by atoms with E-state index in [1.807, 2.05) is 0 Å². The van der Waals surface area contributed by atoms with Gasteiger partial charge in [0.15, 0.2) is 0 Å². The lowest BCUT2D eigenvalue weighted by molar-refractivity contribution is -0.127. The summed E-state index contributed by atoms with van der Waals surface area (Å²) >= 11 is 0. The third-order valence-electron chi connectivity index (χ3n) is 2.75. The molecule has 3 heteroatoms. The summed E-state index contributed by atoms with van der Waals surface area (Å²) in [4.78, 5) is 11.5. The third kappa shape index (κ3) is 2.83. The van der Waals surface area contributed by atoms with E-state index < -0.39 is 0 Å². The first-order valence-electron chi connectivity index (χ1n) is 5.03. The molecule has 0 heterocycles. The second-order valence-corrected chi connectivity index (χ2v) is 3.73. The van der Waals surface area contributed by atoms with Crippen molar-refractivity contribution < 1.29 is 4.79 Å². The minimum absolute atomic E-state index is 0.0882. The molecule has 0 spiro atoms. The van der Waals surface area contributed by atoms with Gasteiger partial charge in [-0.25, -0.2) is 5.43 Å². The maximum atomic E-state index is 11.5. The molecule has 0 aromatic heterocycles. The van der Waals surface area contributed by atoms with Crippen LogP contribution in [0.25, 0.3) is 0 Å². The predicted octanol–water partition coefficient (Wildman–Crippen LogP) is 1.93. The van der Waals surface area contributed by atoms with Gasteiger partial charge in [0, 0.05) is 12.1 Å². The Hall–Kier alpha value is -0.860. The highest BCUT2D eigenvalue weighted by Gasteiger charge is 2.27. The van der Waals surface area contributed by atoms with Gasteiger partial charge in [-0.3, -0.25) is 4.79 Å². The van der Waals surface area contributed by atoms with E-state index in [1.54, 1.807) is 13.1 Å². The Bertz CT molecular complexity index is 201.